The lowest BCUT2D eigenvalue weighted by atomic mass is 9.97. The van der Waals surface area contributed by atoms with Crippen molar-refractivity contribution >= 4 is 23.7 Å². The molecule has 0 fully saturated rings. The van der Waals surface area contributed by atoms with E-state index in [1.807, 2.05) is 6.92 Å². The van der Waals surface area contributed by atoms with Crippen LogP contribution in [0.1, 0.15) is 52.1 Å². The fraction of sp³-hybridized carbons (Fsp3) is 0.667. The van der Waals surface area contributed by atoms with Crippen LogP contribution in [0.4, 0.5) is 0 Å². The Bertz CT molecular complexity index is 771. The fourth-order valence-corrected chi connectivity index (χ4v) is 3.09. The number of imidazole rings is 1. The van der Waals surface area contributed by atoms with Crippen LogP contribution >= 0.6 is 0 Å². The van der Waals surface area contributed by atoms with Crippen LogP contribution < -0.4 is 27.4 Å². The van der Waals surface area contributed by atoms with Crippen molar-refractivity contribution in [1.29, 1.82) is 0 Å². The third-order valence-corrected chi connectivity index (χ3v) is 5.43. The molecule has 5 unspecified atom stereocenters. The van der Waals surface area contributed by atoms with E-state index in [0.717, 1.165) is 0 Å². The van der Waals surface area contributed by atoms with E-state index in [4.69, 9.17) is 16.6 Å². The van der Waals surface area contributed by atoms with Crippen LogP contribution in [0.2, 0.25) is 0 Å². The molecule has 33 heavy (non-hydrogen) atoms. The number of aromatic nitrogens is 2. The quantitative estimate of drug-likeness (QED) is 0.159. The summed E-state index contributed by atoms with van der Waals surface area (Å²) in [5.41, 5.74) is 12.2. The van der Waals surface area contributed by atoms with Gasteiger partial charge in [-0.05, 0) is 38.6 Å². The number of nitrogens with two attached hydrogens (primary N) is 2. The lowest BCUT2D eigenvalue weighted by Crippen LogP contribution is -2.58. The second-order valence-corrected chi connectivity index (χ2v) is 8.17. The molecule has 1 aromatic heterocycles. The van der Waals surface area contributed by atoms with Gasteiger partial charge in [0.15, 0.2) is 0 Å². The second kappa shape index (κ2) is 14.2. The summed E-state index contributed by atoms with van der Waals surface area (Å²) in [5.74, 6) is -3.11. The monoisotopic (exact) mass is 467 g/mol. The highest BCUT2D eigenvalue weighted by Gasteiger charge is 2.31. The number of unbranched alkanes of at least 4 members (excludes halogenated alkanes) is 1. The van der Waals surface area contributed by atoms with Gasteiger partial charge in [0.25, 0.3) is 0 Å². The van der Waals surface area contributed by atoms with Gasteiger partial charge in [0.1, 0.15) is 18.1 Å². The standard InChI is InChI=1S/C21H37N7O5/c1-4-12(2)17(20(31)26-13(3)21(32)33)28-19(30)16(7-5-6-8-22)27-18(29)15(23)9-14-10-24-11-25-14/h10-13,15-17H,4-9,22-23H2,1-3H3,(H,24,25)(H,26,31)(H,27,29)(H,28,30)(H,32,33). The highest BCUT2D eigenvalue weighted by molar-refractivity contribution is 5.94. The summed E-state index contributed by atoms with van der Waals surface area (Å²) in [7, 11) is 0. The van der Waals surface area contributed by atoms with Gasteiger partial charge in [0, 0.05) is 18.3 Å². The van der Waals surface area contributed by atoms with Crippen molar-refractivity contribution < 1.29 is 24.3 Å². The third-order valence-electron chi connectivity index (χ3n) is 5.43. The molecule has 1 aromatic rings. The van der Waals surface area contributed by atoms with E-state index in [0.29, 0.717) is 37.9 Å². The van der Waals surface area contributed by atoms with Crippen LogP contribution in [-0.2, 0) is 25.6 Å². The Morgan fingerprint density at radius 1 is 1.09 bits per heavy atom. The summed E-state index contributed by atoms with van der Waals surface area (Å²) in [6, 6.07) is -3.90. The largest absolute Gasteiger partial charge is 0.480 e. The number of aromatic amines is 1. The number of carbonyl (C=O) groups excluding carboxylic acids is 3. The molecular formula is C21H37N7O5. The highest BCUT2D eigenvalue weighted by atomic mass is 16.4. The maximum absolute atomic E-state index is 13.1. The molecule has 0 saturated carbocycles. The summed E-state index contributed by atoms with van der Waals surface area (Å²) in [6.45, 7) is 5.41. The van der Waals surface area contributed by atoms with Crippen molar-refractivity contribution in [1.82, 2.24) is 25.9 Å². The van der Waals surface area contributed by atoms with Crippen LogP contribution in [0.15, 0.2) is 12.5 Å². The van der Waals surface area contributed by atoms with Gasteiger partial charge in [-0.2, -0.15) is 0 Å². The van der Waals surface area contributed by atoms with E-state index in [9.17, 15) is 19.2 Å². The van der Waals surface area contributed by atoms with Crippen LogP contribution in [0, 0.1) is 5.92 Å². The van der Waals surface area contributed by atoms with E-state index in [1.165, 1.54) is 13.3 Å². The summed E-state index contributed by atoms with van der Waals surface area (Å²) in [6.07, 6.45) is 5.38. The molecule has 12 nitrogen and oxygen atoms in total. The molecule has 0 aromatic carbocycles. The van der Waals surface area contributed by atoms with Crippen molar-refractivity contribution in [2.75, 3.05) is 6.54 Å². The Morgan fingerprint density at radius 3 is 2.33 bits per heavy atom. The molecule has 0 aliphatic rings. The molecule has 0 radical (unpaired) electrons. The Hall–Kier alpha value is -2.99. The van der Waals surface area contributed by atoms with Gasteiger partial charge in [0.2, 0.25) is 17.7 Å². The van der Waals surface area contributed by atoms with E-state index >= 15 is 0 Å². The molecule has 12 heteroatoms. The molecular weight excluding hydrogens is 430 g/mol. The minimum Gasteiger partial charge on any atom is -0.480 e. The number of H-pyrrole nitrogens is 1. The van der Waals surface area contributed by atoms with Crippen molar-refractivity contribution in [2.45, 2.75) is 77.0 Å². The van der Waals surface area contributed by atoms with Gasteiger partial charge >= 0.3 is 5.97 Å². The summed E-state index contributed by atoms with van der Waals surface area (Å²) in [5, 5.41) is 16.8. The first-order valence-electron chi connectivity index (χ1n) is 11.2. The van der Waals surface area contributed by atoms with Gasteiger partial charge in [-0.15, -0.1) is 0 Å². The molecule has 186 valence electrons. The van der Waals surface area contributed by atoms with Crippen molar-refractivity contribution in [3.8, 4) is 0 Å². The van der Waals surface area contributed by atoms with Gasteiger partial charge in [-0.25, -0.2) is 4.98 Å². The molecule has 0 aliphatic heterocycles. The number of nitrogens with one attached hydrogen (secondary N) is 4. The number of amides is 3. The molecule has 9 N–H and O–H groups in total. The van der Waals surface area contributed by atoms with Gasteiger partial charge in [-0.3, -0.25) is 19.2 Å². The van der Waals surface area contributed by atoms with Gasteiger partial charge in [-0.1, -0.05) is 20.3 Å². The van der Waals surface area contributed by atoms with Crippen LogP contribution in [0.3, 0.4) is 0 Å². The SMILES string of the molecule is CCC(C)C(NC(=O)C(CCCCN)NC(=O)C(N)Cc1cnc[nH]1)C(=O)NC(C)C(=O)O. The average molecular weight is 468 g/mol. The summed E-state index contributed by atoms with van der Waals surface area (Å²) < 4.78 is 0. The lowest BCUT2D eigenvalue weighted by molar-refractivity contribution is -0.142. The Labute approximate surface area is 193 Å². The maximum atomic E-state index is 13.1. The first-order chi connectivity index (χ1) is 15.6. The first-order valence-corrected chi connectivity index (χ1v) is 11.2. The van der Waals surface area contributed by atoms with E-state index in [-0.39, 0.29) is 12.3 Å². The zero-order valence-corrected chi connectivity index (χ0v) is 19.5. The Kier molecular flexibility index (Phi) is 12.1. The number of hydrogen-bond donors (Lipinski definition) is 7. The molecule has 5 atom stereocenters. The van der Waals surface area contributed by atoms with Crippen molar-refractivity contribution in [2.24, 2.45) is 17.4 Å². The summed E-state index contributed by atoms with van der Waals surface area (Å²) >= 11 is 0. The number of carbonyl (C=O) groups is 4. The smallest absolute Gasteiger partial charge is 0.325 e. The molecule has 0 aliphatic carbocycles. The lowest BCUT2D eigenvalue weighted by Gasteiger charge is -2.27. The normalized spacial score (nSPS) is 15.5. The van der Waals surface area contributed by atoms with Crippen LogP contribution in [0.25, 0.3) is 0 Å². The van der Waals surface area contributed by atoms with Gasteiger partial charge in [0.05, 0.1) is 12.4 Å². The molecule has 3 amide bonds. The van der Waals surface area contributed by atoms with Crippen LogP contribution in [-0.4, -0.2) is 69.5 Å². The minimum absolute atomic E-state index is 0.216. The molecule has 0 spiro atoms. The second-order valence-electron chi connectivity index (χ2n) is 8.17. The molecule has 1 heterocycles. The average Bonchev–Trinajstić information content (AvgIpc) is 3.28. The Morgan fingerprint density at radius 2 is 1.79 bits per heavy atom. The number of rotatable bonds is 15. The van der Waals surface area contributed by atoms with E-state index in [1.54, 1.807) is 13.1 Å². The topological polar surface area (TPSA) is 205 Å². The van der Waals surface area contributed by atoms with E-state index in [2.05, 4.69) is 25.9 Å². The molecule has 0 bridgehead atoms. The first kappa shape index (κ1) is 28.0. The van der Waals surface area contributed by atoms with Crippen molar-refractivity contribution in [3.63, 3.8) is 0 Å². The summed E-state index contributed by atoms with van der Waals surface area (Å²) in [4.78, 5) is 56.2. The maximum Gasteiger partial charge on any atom is 0.325 e. The highest BCUT2D eigenvalue weighted by Crippen LogP contribution is 2.10. The predicted octanol–water partition coefficient (Wildman–Crippen LogP) is -0.986. The van der Waals surface area contributed by atoms with E-state index < -0.39 is 47.9 Å². The number of hydrogen-bond acceptors (Lipinski definition) is 7. The zero-order valence-electron chi connectivity index (χ0n) is 19.5. The minimum atomic E-state index is -1.18. The Balaban J connectivity index is 2.91. The zero-order chi connectivity index (χ0) is 25.0. The van der Waals surface area contributed by atoms with Crippen LogP contribution in [0.5, 0.6) is 0 Å². The van der Waals surface area contributed by atoms with Crippen molar-refractivity contribution in [3.05, 3.63) is 18.2 Å². The molecule has 0 saturated heterocycles. The molecule has 1 rings (SSSR count). The third kappa shape index (κ3) is 9.58. The van der Waals surface area contributed by atoms with Gasteiger partial charge < -0.3 is 37.5 Å². The number of carboxylic acids is 1. The number of nitrogens with zero attached hydrogens (tertiary/aromatic N) is 1. The number of carboxylic acid groups (broad SMARTS) is 1. The number of aliphatic carboxylic acids is 1. The predicted molar refractivity (Wildman–Crippen MR) is 122 cm³/mol. The fourth-order valence-electron chi connectivity index (χ4n) is 3.09.